The molecule has 114 valence electrons. The predicted molar refractivity (Wildman–Crippen MR) is 90.8 cm³/mol. The van der Waals surface area contributed by atoms with E-state index in [4.69, 9.17) is 0 Å². The molecule has 0 spiro atoms. The van der Waals surface area contributed by atoms with Crippen LogP contribution in [0.5, 0.6) is 0 Å². The van der Waals surface area contributed by atoms with Crippen LogP contribution >= 0.6 is 15.9 Å². The van der Waals surface area contributed by atoms with Crippen LogP contribution < -0.4 is 0 Å². The van der Waals surface area contributed by atoms with Gasteiger partial charge in [-0.15, -0.1) is 0 Å². The molecule has 0 saturated carbocycles. The standard InChI is InChI=1S/C16H9BrN2O3Se/c17-12-5-1-10(2-6-12)14-9-23-16(18-14)15(20)11-3-7-13(8-4-11)19(21)22/h1-9H. The predicted octanol–water partition coefficient (Wildman–Crippen LogP) is 3.71. The Morgan fingerprint density at radius 1 is 1.09 bits per heavy atom. The molecule has 0 bridgehead atoms. The van der Waals surface area contributed by atoms with Crippen LogP contribution in [-0.2, 0) is 0 Å². The van der Waals surface area contributed by atoms with Gasteiger partial charge in [0.1, 0.15) is 0 Å². The number of halogens is 1. The van der Waals surface area contributed by atoms with Crippen molar-refractivity contribution in [2.24, 2.45) is 0 Å². The Morgan fingerprint density at radius 3 is 2.35 bits per heavy atom. The van der Waals surface area contributed by atoms with E-state index in [0.29, 0.717) is 10.1 Å². The first-order chi connectivity index (χ1) is 11.0. The monoisotopic (exact) mass is 436 g/mol. The number of benzene rings is 2. The minimum atomic E-state index is -0.488. The van der Waals surface area contributed by atoms with Crippen molar-refractivity contribution in [2.45, 2.75) is 0 Å². The summed E-state index contributed by atoms with van der Waals surface area (Å²) in [4.78, 5) is 29.0. The van der Waals surface area contributed by atoms with Crippen molar-refractivity contribution < 1.29 is 9.72 Å². The van der Waals surface area contributed by atoms with E-state index in [0.717, 1.165) is 15.7 Å². The van der Waals surface area contributed by atoms with E-state index in [2.05, 4.69) is 20.9 Å². The summed E-state index contributed by atoms with van der Waals surface area (Å²) in [5, 5.41) is 10.7. The first-order valence-electron chi connectivity index (χ1n) is 6.55. The number of carbonyl (C=O) groups is 1. The van der Waals surface area contributed by atoms with Crippen molar-refractivity contribution >= 4 is 41.9 Å². The summed E-state index contributed by atoms with van der Waals surface area (Å²) >= 11 is 3.24. The first kappa shape index (κ1) is 15.8. The fourth-order valence-corrected chi connectivity index (χ4v) is 3.91. The molecule has 2 aromatic carbocycles. The zero-order valence-corrected chi connectivity index (χ0v) is 14.9. The van der Waals surface area contributed by atoms with E-state index in [-0.39, 0.29) is 26.0 Å². The van der Waals surface area contributed by atoms with Gasteiger partial charge >= 0.3 is 146 Å². The van der Waals surface area contributed by atoms with Gasteiger partial charge in [-0.05, 0) is 0 Å². The molecular weight excluding hydrogens is 427 g/mol. The molecule has 23 heavy (non-hydrogen) atoms. The summed E-state index contributed by atoms with van der Waals surface area (Å²) in [5.74, 6) is -0.178. The molecule has 0 atom stereocenters. The molecular formula is C16H9BrN2O3Se. The van der Waals surface area contributed by atoms with Gasteiger partial charge in [-0.1, -0.05) is 0 Å². The van der Waals surface area contributed by atoms with Gasteiger partial charge in [0.15, 0.2) is 0 Å². The number of hydrogen-bond acceptors (Lipinski definition) is 4. The summed E-state index contributed by atoms with van der Waals surface area (Å²) in [6, 6.07) is 13.3. The molecule has 0 aliphatic heterocycles. The second-order valence-electron chi connectivity index (χ2n) is 4.68. The van der Waals surface area contributed by atoms with Gasteiger partial charge in [0.05, 0.1) is 0 Å². The van der Waals surface area contributed by atoms with Gasteiger partial charge < -0.3 is 0 Å². The molecule has 0 radical (unpaired) electrons. The van der Waals surface area contributed by atoms with Crippen LogP contribution in [0.1, 0.15) is 14.9 Å². The van der Waals surface area contributed by atoms with Crippen molar-refractivity contribution in [3.8, 4) is 11.3 Å². The van der Waals surface area contributed by atoms with E-state index in [1.807, 2.05) is 29.2 Å². The third-order valence-electron chi connectivity index (χ3n) is 3.18. The van der Waals surface area contributed by atoms with Crippen LogP contribution in [0, 0.1) is 10.1 Å². The number of nitro groups is 1. The number of rotatable bonds is 4. The van der Waals surface area contributed by atoms with Crippen LogP contribution in [0.3, 0.4) is 0 Å². The number of ketones is 1. The van der Waals surface area contributed by atoms with Gasteiger partial charge in [0.2, 0.25) is 0 Å². The zero-order chi connectivity index (χ0) is 16.4. The molecule has 1 aromatic heterocycles. The minimum absolute atomic E-state index is 0.0332. The Balaban J connectivity index is 1.86. The fourth-order valence-electron chi connectivity index (χ4n) is 1.99. The van der Waals surface area contributed by atoms with Crippen LogP contribution in [0.4, 0.5) is 5.69 Å². The molecule has 1 heterocycles. The molecule has 3 aromatic rings. The van der Waals surface area contributed by atoms with Crippen molar-refractivity contribution in [1.29, 1.82) is 0 Å². The summed E-state index contributed by atoms with van der Waals surface area (Å²) in [6.07, 6.45) is 0. The first-order valence-corrected chi connectivity index (χ1v) is 9.19. The molecule has 0 aliphatic rings. The molecule has 0 unspecified atom stereocenters. The van der Waals surface area contributed by atoms with E-state index in [1.54, 1.807) is 0 Å². The number of carbonyl (C=O) groups excluding carboxylic acids is 1. The Hall–Kier alpha value is -2.08. The van der Waals surface area contributed by atoms with Crippen molar-refractivity contribution in [3.63, 3.8) is 0 Å². The Labute approximate surface area is 146 Å². The Bertz CT molecular complexity index is 873. The summed E-state index contributed by atoms with van der Waals surface area (Å²) in [6.45, 7) is 0. The maximum atomic E-state index is 12.4. The van der Waals surface area contributed by atoms with Gasteiger partial charge in [0.25, 0.3) is 0 Å². The van der Waals surface area contributed by atoms with E-state index >= 15 is 0 Å². The zero-order valence-electron chi connectivity index (χ0n) is 11.6. The Kier molecular flexibility index (Phi) is 4.52. The summed E-state index contributed by atoms with van der Waals surface area (Å²) < 4.78 is 1.49. The average molecular weight is 436 g/mol. The number of nitrogens with zero attached hydrogens (tertiary/aromatic N) is 2. The van der Waals surface area contributed by atoms with Crippen molar-refractivity contribution in [3.05, 3.63) is 78.2 Å². The van der Waals surface area contributed by atoms with Crippen molar-refractivity contribution in [1.82, 2.24) is 4.98 Å². The Morgan fingerprint density at radius 2 is 1.74 bits per heavy atom. The van der Waals surface area contributed by atoms with E-state index in [1.165, 1.54) is 24.3 Å². The molecule has 0 fully saturated rings. The van der Waals surface area contributed by atoms with Gasteiger partial charge in [-0.25, -0.2) is 0 Å². The van der Waals surface area contributed by atoms with Crippen LogP contribution in [0.15, 0.2) is 57.9 Å². The topological polar surface area (TPSA) is 73.1 Å². The number of aromatic nitrogens is 1. The van der Waals surface area contributed by atoms with Gasteiger partial charge in [-0.3, -0.25) is 0 Å². The molecule has 0 aliphatic carbocycles. The van der Waals surface area contributed by atoms with Crippen LogP contribution in [0.25, 0.3) is 11.3 Å². The number of non-ortho nitro benzene ring substituents is 1. The van der Waals surface area contributed by atoms with E-state index in [9.17, 15) is 14.9 Å². The third-order valence-corrected chi connectivity index (χ3v) is 5.47. The molecule has 7 heteroatoms. The fraction of sp³-hybridized carbons (Fsp3) is 0. The van der Waals surface area contributed by atoms with Gasteiger partial charge in [-0.2, -0.15) is 0 Å². The number of hydrogen-bond donors (Lipinski definition) is 0. The van der Waals surface area contributed by atoms with Crippen molar-refractivity contribution in [2.75, 3.05) is 0 Å². The maximum absolute atomic E-state index is 12.4. The summed E-state index contributed by atoms with van der Waals surface area (Å²) in [7, 11) is 0. The third kappa shape index (κ3) is 3.47. The van der Waals surface area contributed by atoms with E-state index < -0.39 is 4.92 Å². The second-order valence-corrected chi connectivity index (χ2v) is 7.39. The normalized spacial score (nSPS) is 10.5. The molecule has 5 nitrogen and oxygen atoms in total. The average Bonchev–Trinajstić information content (AvgIpc) is 3.05. The molecule has 0 saturated heterocycles. The SMILES string of the molecule is O=C(c1ccc([N+](=O)[O-])cc1)c1nc(-c2ccc(Br)cc2)c[se]1. The second kappa shape index (κ2) is 6.58. The van der Waals surface area contributed by atoms with Crippen LogP contribution in [-0.4, -0.2) is 30.2 Å². The number of nitro benzene ring substituents is 1. The molecule has 3 rings (SSSR count). The van der Waals surface area contributed by atoms with Crippen LogP contribution in [0.2, 0.25) is 0 Å². The summed E-state index contributed by atoms with van der Waals surface area (Å²) in [5.41, 5.74) is 2.14. The van der Waals surface area contributed by atoms with Gasteiger partial charge in [0, 0.05) is 0 Å². The molecule has 0 amide bonds. The molecule has 0 N–H and O–H groups in total. The quantitative estimate of drug-likeness (QED) is 0.271.